The molecule has 0 saturated carbocycles. The molecule has 0 unspecified atom stereocenters. The zero-order valence-corrected chi connectivity index (χ0v) is 21.7. The van der Waals surface area contributed by atoms with Crippen LogP contribution in [-0.4, -0.2) is 82.9 Å². The number of amides is 1. The molecule has 3 heterocycles. The molecule has 5 rings (SSSR count). The summed E-state index contributed by atoms with van der Waals surface area (Å²) >= 11 is 0. The maximum absolute atomic E-state index is 13.4. The fourth-order valence-corrected chi connectivity index (χ4v) is 5.17. The molecule has 0 radical (unpaired) electrons. The number of aromatic nitrogens is 2. The van der Waals surface area contributed by atoms with Crippen LogP contribution in [-0.2, 0) is 14.3 Å². The Kier molecular flexibility index (Phi) is 7.57. The van der Waals surface area contributed by atoms with Crippen molar-refractivity contribution in [1.82, 2.24) is 19.6 Å². The first-order chi connectivity index (χ1) is 18.5. The molecule has 0 spiro atoms. The second kappa shape index (κ2) is 11.2. The average molecular weight is 517 g/mol. The second-order valence-electron chi connectivity index (χ2n) is 9.47. The number of para-hydroxylation sites is 1. The standard InChI is InChI=1S/C29H32N4O5/c1-20-24(19-30-33(20)22-9-4-3-5-10-22)27(34)25-26(21-8-6-11-23(18-21)37-2)32(29(36)28(25)35)13-7-12-31-14-16-38-17-15-31/h3-6,8-11,18-19,26,34H,7,12-17H2,1-2H3/b27-25+/t26-/m0/s1. The van der Waals surface area contributed by atoms with Crippen molar-refractivity contribution in [1.29, 1.82) is 0 Å². The molecule has 0 aliphatic carbocycles. The minimum Gasteiger partial charge on any atom is -0.507 e. The molecule has 38 heavy (non-hydrogen) atoms. The molecule has 1 amide bonds. The Bertz CT molecular complexity index is 1340. The van der Waals surface area contributed by atoms with Gasteiger partial charge in [-0.25, -0.2) is 4.68 Å². The molecule has 1 N–H and O–H groups in total. The lowest BCUT2D eigenvalue weighted by atomic mass is 9.95. The smallest absolute Gasteiger partial charge is 0.295 e. The van der Waals surface area contributed by atoms with Gasteiger partial charge in [0.2, 0.25) is 0 Å². The Morgan fingerprint density at radius 1 is 1.08 bits per heavy atom. The summed E-state index contributed by atoms with van der Waals surface area (Å²) in [6, 6.07) is 16.1. The van der Waals surface area contributed by atoms with Crippen molar-refractivity contribution >= 4 is 17.4 Å². The van der Waals surface area contributed by atoms with Gasteiger partial charge in [0.15, 0.2) is 0 Å². The van der Waals surface area contributed by atoms with E-state index < -0.39 is 17.7 Å². The molecule has 2 aliphatic heterocycles. The van der Waals surface area contributed by atoms with Crippen molar-refractivity contribution < 1.29 is 24.2 Å². The van der Waals surface area contributed by atoms with E-state index in [1.54, 1.807) is 22.8 Å². The largest absolute Gasteiger partial charge is 0.507 e. The van der Waals surface area contributed by atoms with Gasteiger partial charge in [-0.05, 0) is 43.2 Å². The number of rotatable bonds is 8. The van der Waals surface area contributed by atoms with E-state index in [0.717, 1.165) is 25.3 Å². The monoisotopic (exact) mass is 516 g/mol. The summed E-state index contributed by atoms with van der Waals surface area (Å²) in [5.41, 5.74) is 2.66. The number of Topliss-reactive ketones (excluding diaryl/α,β-unsaturated/α-hetero) is 1. The molecular formula is C29H32N4O5. The fraction of sp³-hybridized carbons (Fsp3) is 0.345. The zero-order valence-electron chi connectivity index (χ0n) is 21.7. The van der Waals surface area contributed by atoms with Crippen LogP contribution in [0.2, 0.25) is 0 Å². The molecular weight excluding hydrogens is 484 g/mol. The first kappa shape index (κ1) is 25.7. The molecule has 9 nitrogen and oxygen atoms in total. The van der Waals surface area contributed by atoms with Crippen LogP contribution in [0.3, 0.4) is 0 Å². The predicted octanol–water partition coefficient (Wildman–Crippen LogP) is 3.33. The molecule has 3 aromatic rings. The Labute approximate surface area is 221 Å². The van der Waals surface area contributed by atoms with Gasteiger partial charge < -0.3 is 19.5 Å². The Morgan fingerprint density at radius 2 is 1.84 bits per heavy atom. The highest BCUT2D eigenvalue weighted by Crippen LogP contribution is 2.40. The number of benzene rings is 2. The number of aliphatic hydroxyl groups is 1. The van der Waals surface area contributed by atoms with Gasteiger partial charge in [0.1, 0.15) is 11.5 Å². The van der Waals surface area contributed by atoms with Gasteiger partial charge in [0.05, 0.1) is 55.1 Å². The van der Waals surface area contributed by atoms with Crippen LogP contribution in [0.15, 0.2) is 66.4 Å². The number of aliphatic hydroxyl groups excluding tert-OH is 1. The van der Waals surface area contributed by atoms with Crippen molar-refractivity contribution in [3.8, 4) is 11.4 Å². The van der Waals surface area contributed by atoms with Gasteiger partial charge >= 0.3 is 0 Å². The van der Waals surface area contributed by atoms with E-state index in [0.29, 0.717) is 48.7 Å². The third-order valence-electron chi connectivity index (χ3n) is 7.19. The maximum Gasteiger partial charge on any atom is 0.295 e. The number of hydrogen-bond acceptors (Lipinski definition) is 7. The summed E-state index contributed by atoms with van der Waals surface area (Å²) in [6.07, 6.45) is 2.23. The number of ether oxygens (including phenoxy) is 2. The van der Waals surface area contributed by atoms with E-state index in [2.05, 4.69) is 10.00 Å². The molecule has 2 saturated heterocycles. The van der Waals surface area contributed by atoms with Crippen molar-refractivity contribution in [2.24, 2.45) is 0 Å². The highest BCUT2D eigenvalue weighted by atomic mass is 16.5. The van der Waals surface area contributed by atoms with Crippen LogP contribution >= 0.6 is 0 Å². The van der Waals surface area contributed by atoms with Crippen molar-refractivity contribution in [3.63, 3.8) is 0 Å². The number of nitrogens with zero attached hydrogens (tertiary/aromatic N) is 4. The van der Waals surface area contributed by atoms with Crippen LogP contribution in [0.4, 0.5) is 0 Å². The van der Waals surface area contributed by atoms with Gasteiger partial charge in [-0.1, -0.05) is 30.3 Å². The first-order valence-corrected chi connectivity index (χ1v) is 12.8. The Balaban J connectivity index is 1.52. The summed E-state index contributed by atoms with van der Waals surface area (Å²) in [5, 5.41) is 16.0. The van der Waals surface area contributed by atoms with Crippen molar-refractivity contribution in [2.75, 3.05) is 46.5 Å². The summed E-state index contributed by atoms with van der Waals surface area (Å²) in [7, 11) is 1.57. The summed E-state index contributed by atoms with van der Waals surface area (Å²) < 4.78 is 12.5. The summed E-state index contributed by atoms with van der Waals surface area (Å²) in [6.45, 7) is 6.09. The molecule has 2 fully saturated rings. The van der Waals surface area contributed by atoms with Gasteiger partial charge in [-0.2, -0.15) is 5.10 Å². The lowest BCUT2D eigenvalue weighted by molar-refractivity contribution is -0.140. The molecule has 2 aromatic carbocycles. The van der Waals surface area contributed by atoms with Gasteiger partial charge in [-0.15, -0.1) is 0 Å². The number of methoxy groups -OCH3 is 1. The van der Waals surface area contributed by atoms with Gasteiger partial charge in [0.25, 0.3) is 11.7 Å². The molecule has 0 bridgehead atoms. The molecule has 9 heteroatoms. The van der Waals surface area contributed by atoms with E-state index in [4.69, 9.17) is 9.47 Å². The Morgan fingerprint density at radius 3 is 2.58 bits per heavy atom. The number of carbonyl (C=O) groups excluding carboxylic acids is 2. The quantitative estimate of drug-likeness (QED) is 0.279. The third kappa shape index (κ3) is 4.94. The van der Waals surface area contributed by atoms with E-state index in [1.807, 2.05) is 55.5 Å². The van der Waals surface area contributed by atoms with Crippen molar-refractivity contribution in [3.05, 3.63) is 83.2 Å². The first-order valence-electron chi connectivity index (χ1n) is 12.8. The highest BCUT2D eigenvalue weighted by molar-refractivity contribution is 6.46. The van der Waals surface area contributed by atoms with Crippen LogP contribution < -0.4 is 4.74 Å². The van der Waals surface area contributed by atoms with E-state index in [-0.39, 0.29) is 11.3 Å². The van der Waals surface area contributed by atoms with Gasteiger partial charge in [-0.3, -0.25) is 14.5 Å². The maximum atomic E-state index is 13.4. The topological polar surface area (TPSA) is 97.1 Å². The van der Waals surface area contributed by atoms with Gasteiger partial charge in [0, 0.05) is 26.2 Å². The normalized spacial score (nSPS) is 19.7. The lowest BCUT2D eigenvalue weighted by Gasteiger charge is -2.29. The average Bonchev–Trinajstić information content (AvgIpc) is 3.46. The van der Waals surface area contributed by atoms with Crippen LogP contribution in [0, 0.1) is 6.92 Å². The lowest BCUT2D eigenvalue weighted by Crippen LogP contribution is -2.38. The SMILES string of the molecule is COc1cccc([C@H]2/C(=C(\O)c3cnn(-c4ccccc4)c3C)C(=O)C(=O)N2CCCN2CCOCC2)c1. The summed E-state index contributed by atoms with van der Waals surface area (Å²) in [5.74, 6) is -0.941. The minimum atomic E-state index is -0.741. The van der Waals surface area contributed by atoms with E-state index in [9.17, 15) is 14.7 Å². The molecule has 2 aliphatic rings. The Hall–Kier alpha value is -3.95. The number of hydrogen-bond donors (Lipinski definition) is 1. The minimum absolute atomic E-state index is 0.0605. The molecule has 1 atom stereocenters. The molecule has 1 aromatic heterocycles. The highest BCUT2D eigenvalue weighted by Gasteiger charge is 2.46. The number of ketones is 1. The van der Waals surface area contributed by atoms with E-state index >= 15 is 0 Å². The zero-order chi connectivity index (χ0) is 26.6. The second-order valence-corrected chi connectivity index (χ2v) is 9.47. The number of morpholine rings is 1. The number of likely N-dealkylation sites (tertiary alicyclic amines) is 1. The van der Waals surface area contributed by atoms with E-state index in [1.165, 1.54) is 6.20 Å². The number of carbonyl (C=O) groups is 2. The van der Waals surface area contributed by atoms with Crippen LogP contribution in [0.5, 0.6) is 5.75 Å². The van der Waals surface area contributed by atoms with Crippen LogP contribution in [0.25, 0.3) is 11.4 Å². The summed E-state index contributed by atoms with van der Waals surface area (Å²) in [4.78, 5) is 30.6. The third-order valence-corrected chi connectivity index (χ3v) is 7.19. The fourth-order valence-electron chi connectivity index (χ4n) is 5.17. The molecule has 198 valence electrons. The van der Waals surface area contributed by atoms with Crippen molar-refractivity contribution in [2.45, 2.75) is 19.4 Å². The van der Waals surface area contributed by atoms with Crippen LogP contribution in [0.1, 0.15) is 29.3 Å². The predicted molar refractivity (Wildman–Crippen MR) is 142 cm³/mol.